The number of benzene rings is 2. The van der Waals surface area contributed by atoms with Crippen molar-refractivity contribution in [1.82, 2.24) is 0 Å². The normalized spacial score (nSPS) is 12.2. The van der Waals surface area contributed by atoms with E-state index in [1.165, 1.54) is 0 Å². The standard InChI is InChI=1S/C14H11NOS/c16-14-12-4-2-1-3-10(12)11-6-5-9(15-8-17)7-13(11)14/h1-7,15,17H,8H2. The maximum Gasteiger partial charge on any atom is 0.194 e. The van der Waals surface area contributed by atoms with Crippen LogP contribution < -0.4 is 5.32 Å². The second kappa shape index (κ2) is 3.93. The van der Waals surface area contributed by atoms with E-state index in [1.54, 1.807) is 0 Å². The quantitative estimate of drug-likeness (QED) is 0.533. The molecule has 17 heavy (non-hydrogen) atoms. The number of carbonyl (C=O) groups excluding carboxylic acids is 1. The van der Waals surface area contributed by atoms with Gasteiger partial charge in [-0.05, 0) is 23.3 Å². The number of hydrogen-bond acceptors (Lipinski definition) is 3. The van der Waals surface area contributed by atoms with Crippen LogP contribution in [0.1, 0.15) is 15.9 Å². The number of hydrogen-bond donors (Lipinski definition) is 2. The van der Waals surface area contributed by atoms with Crippen molar-refractivity contribution in [3.8, 4) is 11.1 Å². The van der Waals surface area contributed by atoms with E-state index in [2.05, 4.69) is 17.9 Å². The van der Waals surface area contributed by atoms with Gasteiger partial charge in [-0.2, -0.15) is 12.6 Å². The lowest BCUT2D eigenvalue weighted by Gasteiger charge is -2.05. The fraction of sp³-hybridized carbons (Fsp3) is 0.0714. The van der Waals surface area contributed by atoms with Crippen molar-refractivity contribution < 1.29 is 4.79 Å². The molecule has 84 valence electrons. The molecule has 0 fully saturated rings. The second-order valence-electron chi connectivity index (χ2n) is 3.97. The number of carbonyl (C=O) groups is 1. The molecule has 1 aliphatic rings. The van der Waals surface area contributed by atoms with Crippen LogP contribution >= 0.6 is 12.6 Å². The summed E-state index contributed by atoms with van der Waals surface area (Å²) in [7, 11) is 0. The van der Waals surface area contributed by atoms with Gasteiger partial charge in [0.05, 0.1) is 5.88 Å². The molecular weight excluding hydrogens is 230 g/mol. The maximum absolute atomic E-state index is 12.2. The topological polar surface area (TPSA) is 29.1 Å². The Morgan fingerprint density at radius 1 is 0.941 bits per heavy atom. The van der Waals surface area contributed by atoms with Gasteiger partial charge in [0.2, 0.25) is 0 Å². The Hall–Kier alpha value is -1.74. The van der Waals surface area contributed by atoms with Gasteiger partial charge in [-0.3, -0.25) is 4.79 Å². The molecule has 0 aliphatic heterocycles. The highest BCUT2D eigenvalue weighted by Gasteiger charge is 2.25. The Labute approximate surface area is 105 Å². The number of fused-ring (bicyclic) bond motifs is 3. The molecule has 0 amide bonds. The van der Waals surface area contributed by atoms with Crippen LogP contribution in [0.4, 0.5) is 5.69 Å². The largest absolute Gasteiger partial charge is 0.376 e. The molecule has 2 aromatic carbocycles. The van der Waals surface area contributed by atoms with Gasteiger partial charge in [0, 0.05) is 16.8 Å². The Morgan fingerprint density at radius 3 is 2.41 bits per heavy atom. The van der Waals surface area contributed by atoms with E-state index in [4.69, 9.17) is 0 Å². The van der Waals surface area contributed by atoms with E-state index < -0.39 is 0 Å². The van der Waals surface area contributed by atoms with E-state index in [1.807, 2.05) is 42.5 Å². The summed E-state index contributed by atoms with van der Waals surface area (Å²) in [4.78, 5) is 12.2. The van der Waals surface area contributed by atoms with Crippen molar-refractivity contribution in [3.63, 3.8) is 0 Å². The molecule has 2 aromatic rings. The van der Waals surface area contributed by atoms with Crippen LogP contribution in [0.3, 0.4) is 0 Å². The molecule has 2 nitrogen and oxygen atoms in total. The van der Waals surface area contributed by atoms with Crippen LogP contribution in [0.25, 0.3) is 11.1 Å². The summed E-state index contributed by atoms with van der Waals surface area (Å²) in [5.41, 5.74) is 4.56. The molecule has 0 bridgehead atoms. The van der Waals surface area contributed by atoms with Crippen molar-refractivity contribution >= 4 is 24.1 Å². The lowest BCUT2D eigenvalue weighted by Crippen LogP contribution is -1.98. The van der Waals surface area contributed by atoms with Crippen LogP contribution in [-0.2, 0) is 0 Å². The number of ketones is 1. The summed E-state index contributed by atoms with van der Waals surface area (Å²) in [5, 5.41) is 3.10. The first-order valence-corrected chi connectivity index (χ1v) is 6.07. The highest BCUT2D eigenvalue weighted by atomic mass is 32.1. The lowest BCUT2D eigenvalue weighted by atomic mass is 10.1. The summed E-state index contributed by atoms with van der Waals surface area (Å²) >= 11 is 4.11. The predicted octanol–water partition coefficient (Wildman–Crippen LogP) is 3.20. The zero-order valence-electron chi connectivity index (χ0n) is 9.10. The van der Waals surface area contributed by atoms with Gasteiger partial charge in [-0.25, -0.2) is 0 Å². The molecule has 0 unspecified atom stereocenters. The van der Waals surface area contributed by atoms with Crippen LogP contribution in [0.15, 0.2) is 42.5 Å². The van der Waals surface area contributed by atoms with Crippen molar-refractivity contribution in [2.45, 2.75) is 0 Å². The molecule has 0 saturated heterocycles. The Kier molecular flexibility index (Phi) is 2.41. The average Bonchev–Trinajstić information content (AvgIpc) is 2.65. The molecule has 0 spiro atoms. The van der Waals surface area contributed by atoms with Crippen LogP contribution in [0.2, 0.25) is 0 Å². The average molecular weight is 241 g/mol. The van der Waals surface area contributed by atoms with E-state index in [-0.39, 0.29) is 5.78 Å². The van der Waals surface area contributed by atoms with Gasteiger partial charge in [0.15, 0.2) is 5.78 Å². The third-order valence-corrected chi connectivity index (χ3v) is 3.17. The van der Waals surface area contributed by atoms with E-state index in [0.717, 1.165) is 27.9 Å². The van der Waals surface area contributed by atoms with E-state index >= 15 is 0 Å². The van der Waals surface area contributed by atoms with Gasteiger partial charge >= 0.3 is 0 Å². The first kappa shape index (κ1) is 10.4. The minimum atomic E-state index is 0.110. The lowest BCUT2D eigenvalue weighted by molar-refractivity contribution is 0.104. The molecule has 1 aliphatic carbocycles. The van der Waals surface area contributed by atoms with Crippen LogP contribution in [0, 0.1) is 0 Å². The molecule has 0 aromatic heterocycles. The molecule has 3 rings (SSSR count). The van der Waals surface area contributed by atoms with Gasteiger partial charge in [0.25, 0.3) is 0 Å². The smallest absolute Gasteiger partial charge is 0.194 e. The molecule has 1 N–H and O–H groups in total. The second-order valence-corrected chi connectivity index (χ2v) is 4.29. The molecule has 3 heteroatoms. The number of nitrogens with one attached hydrogen (secondary N) is 1. The van der Waals surface area contributed by atoms with Gasteiger partial charge in [-0.1, -0.05) is 30.3 Å². The van der Waals surface area contributed by atoms with Crippen LogP contribution in [-0.4, -0.2) is 11.7 Å². The first-order chi connectivity index (χ1) is 8.31. The highest BCUT2D eigenvalue weighted by molar-refractivity contribution is 7.80. The minimum absolute atomic E-state index is 0.110. The molecule has 0 radical (unpaired) electrons. The summed E-state index contributed by atoms with van der Waals surface area (Å²) in [6.45, 7) is 0. The summed E-state index contributed by atoms with van der Waals surface area (Å²) in [6, 6.07) is 13.6. The summed E-state index contributed by atoms with van der Waals surface area (Å²) in [5.74, 6) is 0.665. The van der Waals surface area contributed by atoms with E-state index in [0.29, 0.717) is 5.88 Å². The van der Waals surface area contributed by atoms with E-state index in [9.17, 15) is 4.79 Å². The Balaban J connectivity index is 2.17. The molecule has 0 atom stereocenters. The van der Waals surface area contributed by atoms with Crippen molar-refractivity contribution in [1.29, 1.82) is 0 Å². The summed E-state index contributed by atoms with van der Waals surface area (Å²) in [6.07, 6.45) is 0. The van der Waals surface area contributed by atoms with Gasteiger partial charge in [-0.15, -0.1) is 0 Å². The third kappa shape index (κ3) is 1.54. The highest BCUT2D eigenvalue weighted by Crippen LogP contribution is 2.37. The molecule has 0 heterocycles. The fourth-order valence-corrected chi connectivity index (χ4v) is 2.41. The van der Waals surface area contributed by atoms with Crippen molar-refractivity contribution in [3.05, 3.63) is 53.6 Å². The monoisotopic (exact) mass is 241 g/mol. The summed E-state index contributed by atoms with van der Waals surface area (Å²) < 4.78 is 0. The number of thiol groups is 1. The Bertz CT molecular complexity index is 607. The zero-order valence-corrected chi connectivity index (χ0v) is 10.00. The fourth-order valence-electron chi connectivity index (χ4n) is 2.23. The predicted molar refractivity (Wildman–Crippen MR) is 72.8 cm³/mol. The van der Waals surface area contributed by atoms with Gasteiger partial charge in [0.1, 0.15) is 0 Å². The SMILES string of the molecule is O=C1c2ccccc2-c2ccc(NCS)cc21. The molecule has 0 saturated carbocycles. The van der Waals surface area contributed by atoms with Crippen molar-refractivity contribution in [2.24, 2.45) is 0 Å². The van der Waals surface area contributed by atoms with Crippen molar-refractivity contribution in [2.75, 3.05) is 11.2 Å². The Morgan fingerprint density at radius 2 is 1.65 bits per heavy atom. The van der Waals surface area contributed by atoms with Crippen LogP contribution in [0.5, 0.6) is 0 Å². The maximum atomic E-state index is 12.2. The van der Waals surface area contributed by atoms with Gasteiger partial charge < -0.3 is 5.32 Å². The minimum Gasteiger partial charge on any atom is -0.376 e. The first-order valence-electron chi connectivity index (χ1n) is 5.44. The number of anilines is 1. The zero-order chi connectivity index (χ0) is 11.8. The number of rotatable bonds is 2. The third-order valence-electron chi connectivity index (χ3n) is 3.01. The molecular formula is C14H11NOS.